The Balaban J connectivity index is 2.43. The molecule has 0 spiro atoms. The fourth-order valence-electron chi connectivity index (χ4n) is 1.46. The number of azide groups is 1. The average Bonchev–Trinajstić information content (AvgIpc) is 2.36. The Hall–Kier alpha value is -2.70. The molecule has 0 unspecified atom stereocenters. The lowest BCUT2D eigenvalue weighted by Crippen LogP contribution is -1.99. The van der Waals surface area contributed by atoms with E-state index in [1.807, 2.05) is 0 Å². The number of aromatic nitrogens is 1. The molecular weight excluding hydrogens is 216 g/mol. The molecule has 0 radical (unpaired) electrons. The molecule has 1 aromatic heterocycles. The molecule has 0 aliphatic carbocycles. The number of rotatable bonds is 1. The number of aromatic amines is 1. The van der Waals surface area contributed by atoms with Crippen LogP contribution in [0.2, 0.25) is 0 Å². The minimum absolute atomic E-state index is 0.0440. The molecule has 17 heavy (non-hydrogen) atoms. The molecule has 2 aromatic rings. The second-order valence-corrected chi connectivity index (χ2v) is 3.29. The summed E-state index contributed by atoms with van der Waals surface area (Å²) in [7, 11) is 0. The molecule has 0 saturated carbocycles. The number of hydrogen-bond acceptors (Lipinski definition) is 2. The lowest BCUT2D eigenvalue weighted by molar-refractivity contribution is 1.25. The van der Waals surface area contributed by atoms with Crippen molar-refractivity contribution < 1.29 is 0 Å². The van der Waals surface area contributed by atoms with Gasteiger partial charge in [-0.25, -0.2) is 0 Å². The van der Waals surface area contributed by atoms with Gasteiger partial charge < -0.3 is 4.98 Å². The van der Waals surface area contributed by atoms with Gasteiger partial charge in [-0.2, -0.15) is 0 Å². The van der Waals surface area contributed by atoms with Gasteiger partial charge in [-0.3, -0.25) is 4.79 Å². The quantitative estimate of drug-likeness (QED) is 0.342. The highest BCUT2D eigenvalue weighted by molar-refractivity contribution is 5.79. The maximum absolute atomic E-state index is 11.6. The number of nitrogens with one attached hydrogen (secondary N) is 1. The van der Waals surface area contributed by atoms with Gasteiger partial charge in [-0.1, -0.05) is 17.0 Å². The highest BCUT2D eigenvalue weighted by Crippen LogP contribution is 2.08. The highest BCUT2D eigenvalue weighted by Gasteiger charge is 1.97. The van der Waals surface area contributed by atoms with Crippen LogP contribution < -0.4 is 5.43 Å². The number of pyridine rings is 1. The third-order valence-electron chi connectivity index (χ3n) is 2.20. The smallest absolute Gasteiger partial charge is 0.189 e. The van der Waals surface area contributed by atoms with Gasteiger partial charge >= 0.3 is 0 Å². The number of H-pyrrole nitrogens is 1. The van der Waals surface area contributed by atoms with Crippen molar-refractivity contribution in [2.24, 2.45) is 5.11 Å². The van der Waals surface area contributed by atoms with Crippen LogP contribution in [0.25, 0.3) is 21.3 Å². The summed E-state index contributed by atoms with van der Waals surface area (Å²) >= 11 is 0. The average molecular weight is 224 g/mol. The van der Waals surface area contributed by atoms with Gasteiger partial charge in [0.1, 0.15) is 0 Å². The zero-order valence-electron chi connectivity index (χ0n) is 8.84. The van der Waals surface area contributed by atoms with Crippen LogP contribution in [0.15, 0.2) is 40.4 Å². The first-order valence-electron chi connectivity index (χ1n) is 4.92. The zero-order valence-corrected chi connectivity index (χ0v) is 8.84. The van der Waals surface area contributed by atoms with Crippen molar-refractivity contribution in [2.45, 2.75) is 0 Å². The van der Waals surface area contributed by atoms with E-state index in [4.69, 9.17) is 5.53 Å². The highest BCUT2D eigenvalue weighted by atomic mass is 16.1. The van der Waals surface area contributed by atoms with E-state index in [0.717, 1.165) is 11.1 Å². The number of nitrogens with zero attached hydrogens (tertiary/aromatic N) is 3. The second kappa shape index (κ2) is 4.88. The van der Waals surface area contributed by atoms with Crippen molar-refractivity contribution in [3.63, 3.8) is 0 Å². The molecule has 2 rings (SSSR count). The molecule has 0 aliphatic rings. The molecule has 0 atom stereocenters. The SMILES string of the molecule is [N-]=[N+]=NCC#Cc1ccc2[nH]ccc(=O)c2c1. The summed E-state index contributed by atoms with van der Waals surface area (Å²) in [6, 6.07) is 6.80. The first-order valence-corrected chi connectivity index (χ1v) is 4.92. The van der Waals surface area contributed by atoms with E-state index >= 15 is 0 Å². The molecule has 5 heteroatoms. The maximum Gasteiger partial charge on any atom is 0.189 e. The van der Waals surface area contributed by atoms with E-state index in [1.165, 1.54) is 6.07 Å². The molecular formula is C12H8N4O. The van der Waals surface area contributed by atoms with Crippen LogP contribution in [-0.2, 0) is 0 Å². The Labute approximate surface area is 96.7 Å². The minimum Gasteiger partial charge on any atom is -0.361 e. The van der Waals surface area contributed by atoms with Crippen molar-refractivity contribution in [3.05, 3.63) is 56.7 Å². The second-order valence-electron chi connectivity index (χ2n) is 3.29. The van der Waals surface area contributed by atoms with Crippen molar-refractivity contribution >= 4 is 10.9 Å². The Morgan fingerprint density at radius 3 is 3.12 bits per heavy atom. The van der Waals surface area contributed by atoms with E-state index < -0.39 is 0 Å². The third-order valence-corrected chi connectivity index (χ3v) is 2.20. The number of benzene rings is 1. The van der Waals surface area contributed by atoms with Crippen molar-refractivity contribution in [3.8, 4) is 11.8 Å². The van der Waals surface area contributed by atoms with Gasteiger partial charge in [0.25, 0.3) is 0 Å². The van der Waals surface area contributed by atoms with E-state index in [2.05, 4.69) is 26.9 Å². The van der Waals surface area contributed by atoms with Gasteiger partial charge in [-0.05, 0) is 23.7 Å². The van der Waals surface area contributed by atoms with Crippen LogP contribution in [0.3, 0.4) is 0 Å². The van der Waals surface area contributed by atoms with Gasteiger partial charge in [-0.15, -0.1) is 0 Å². The van der Waals surface area contributed by atoms with Gasteiger partial charge in [0.15, 0.2) is 5.43 Å². The van der Waals surface area contributed by atoms with E-state index in [1.54, 1.807) is 24.4 Å². The topological polar surface area (TPSA) is 81.6 Å². The fourth-order valence-corrected chi connectivity index (χ4v) is 1.46. The van der Waals surface area contributed by atoms with Gasteiger partial charge in [0, 0.05) is 33.6 Å². The molecule has 0 saturated heterocycles. The molecule has 5 nitrogen and oxygen atoms in total. The lowest BCUT2D eigenvalue weighted by atomic mass is 10.1. The van der Waals surface area contributed by atoms with Crippen LogP contribution in [0.5, 0.6) is 0 Å². The van der Waals surface area contributed by atoms with Crippen LogP contribution in [-0.4, -0.2) is 11.5 Å². The van der Waals surface area contributed by atoms with E-state index in [9.17, 15) is 4.79 Å². The summed E-state index contributed by atoms with van der Waals surface area (Å²) < 4.78 is 0. The molecule has 1 N–H and O–H groups in total. The summed E-state index contributed by atoms with van der Waals surface area (Å²) in [6.45, 7) is 0.125. The predicted octanol–water partition coefficient (Wildman–Crippen LogP) is 2.19. The van der Waals surface area contributed by atoms with Crippen LogP contribution in [0, 0.1) is 11.8 Å². The van der Waals surface area contributed by atoms with Gasteiger partial charge in [0.2, 0.25) is 0 Å². The first kappa shape index (κ1) is 10.8. The van der Waals surface area contributed by atoms with Crippen LogP contribution in [0.1, 0.15) is 5.56 Å². The van der Waals surface area contributed by atoms with Gasteiger partial charge in [0.05, 0.1) is 6.54 Å². The van der Waals surface area contributed by atoms with Crippen LogP contribution in [0.4, 0.5) is 0 Å². The summed E-state index contributed by atoms with van der Waals surface area (Å²) in [5.41, 5.74) is 9.54. The summed E-state index contributed by atoms with van der Waals surface area (Å²) in [5, 5.41) is 3.91. The third kappa shape index (κ3) is 2.46. The molecule has 0 amide bonds. The Morgan fingerprint density at radius 2 is 2.29 bits per heavy atom. The minimum atomic E-state index is -0.0440. The maximum atomic E-state index is 11.6. The normalized spacial score (nSPS) is 9.18. The molecule has 1 aromatic carbocycles. The monoisotopic (exact) mass is 224 g/mol. The lowest BCUT2D eigenvalue weighted by Gasteiger charge is -1.96. The van der Waals surface area contributed by atoms with Crippen LogP contribution >= 0.6 is 0 Å². The molecule has 1 heterocycles. The Kier molecular flexibility index (Phi) is 3.10. The Bertz CT molecular complexity index is 714. The zero-order chi connectivity index (χ0) is 12.1. The standard InChI is InChI=1S/C12H8N4O/c13-16-15-6-1-2-9-3-4-11-10(8-9)12(17)5-7-14-11/h3-5,7-8H,6H2,(H,14,17). The Morgan fingerprint density at radius 1 is 1.41 bits per heavy atom. The largest absolute Gasteiger partial charge is 0.361 e. The summed E-state index contributed by atoms with van der Waals surface area (Å²) in [5.74, 6) is 5.54. The predicted molar refractivity (Wildman–Crippen MR) is 65.5 cm³/mol. The molecule has 82 valence electrons. The van der Waals surface area contributed by atoms with Crippen molar-refractivity contribution in [1.29, 1.82) is 0 Å². The molecule has 0 fully saturated rings. The molecule has 0 bridgehead atoms. The summed E-state index contributed by atoms with van der Waals surface area (Å²) in [4.78, 5) is 17.2. The number of fused-ring (bicyclic) bond motifs is 1. The fraction of sp³-hybridized carbons (Fsp3) is 0.0833. The first-order chi connectivity index (χ1) is 8.31. The van der Waals surface area contributed by atoms with Crippen molar-refractivity contribution in [2.75, 3.05) is 6.54 Å². The summed E-state index contributed by atoms with van der Waals surface area (Å²) in [6.07, 6.45) is 1.61. The van der Waals surface area contributed by atoms with E-state index in [0.29, 0.717) is 5.39 Å². The van der Waals surface area contributed by atoms with E-state index in [-0.39, 0.29) is 12.0 Å². The molecule has 0 aliphatic heterocycles. The van der Waals surface area contributed by atoms with Crippen molar-refractivity contribution in [1.82, 2.24) is 4.98 Å². The number of hydrogen-bond donors (Lipinski definition) is 1.